The summed E-state index contributed by atoms with van der Waals surface area (Å²) in [7, 11) is 0. The largest absolute Gasteiger partial charge is 0.478 e. The van der Waals surface area contributed by atoms with E-state index in [0.717, 1.165) is 43.7 Å². The van der Waals surface area contributed by atoms with Crippen molar-refractivity contribution in [3.05, 3.63) is 52.0 Å². The van der Waals surface area contributed by atoms with Crippen molar-refractivity contribution in [1.82, 2.24) is 9.88 Å². The lowest BCUT2D eigenvalue weighted by atomic mass is 10.1. The third kappa shape index (κ3) is 3.97. The van der Waals surface area contributed by atoms with Crippen molar-refractivity contribution in [2.45, 2.75) is 12.8 Å². The average Bonchev–Trinajstić information content (AvgIpc) is 2.79. The van der Waals surface area contributed by atoms with Gasteiger partial charge < -0.3 is 10.8 Å². The number of aromatic carboxylic acids is 1. The van der Waals surface area contributed by atoms with Crippen molar-refractivity contribution in [2.75, 3.05) is 25.4 Å². The standard InChI is InChI=1S/C17H19N3O2S/c18-17-19-14-7-10-20(11-8-15(14)23-17)9-1-2-12-3-5-13(6-4-12)16(21)22/h1-6H,7-11H2,(H2,18,19)(H,21,22). The monoisotopic (exact) mass is 329 g/mol. The topological polar surface area (TPSA) is 79.5 Å². The van der Waals surface area contributed by atoms with Crippen LogP contribution >= 0.6 is 11.3 Å². The van der Waals surface area contributed by atoms with Crippen LogP contribution in [0.25, 0.3) is 6.08 Å². The highest BCUT2D eigenvalue weighted by atomic mass is 32.1. The van der Waals surface area contributed by atoms with E-state index in [1.54, 1.807) is 23.5 Å². The van der Waals surface area contributed by atoms with Gasteiger partial charge in [-0.05, 0) is 24.1 Å². The van der Waals surface area contributed by atoms with E-state index in [1.807, 2.05) is 18.2 Å². The van der Waals surface area contributed by atoms with Crippen LogP contribution in [0.4, 0.5) is 5.13 Å². The number of anilines is 1. The molecule has 5 nitrogen and oxygen atoms in total. The van der Waals surface area contributed by atoms with Crippen molar-refractivity contribution >= 4 is 28.5 Å². The second kappa shape index (κ2) is 6.93. The molecule has 1 aromatic heterocycles. The summed E-state index contributed by atoms with van der Waals surface area (Å²) in [4.78, 5) is 18.9. The molecule has 1 aliphatic heterocycles. The van der Waals surface area contributed by atoms with Gasteiger partial charge in [-0.15, -0.1) is 11.3 Å². The lowest BCUT2D eigenvalue weighted by Crippen LogP contribution is -2.26. The lowest BCUT2D eigenvalue weighted by molar-refractivity contribution is 0.0697. The molecule has 0 amide bonds. The number of carboxylic acid groups (broad SMARTS) is 1. The van der Waals surface area contributed by atoms with Crippen LogP contribution in [0.15, 0.2) is 30.3 Å². The second-order valence-electron chi connectivity index (χ2n) is 5.55. The normalized spacial score (nSPS) is 15.5. The molecule has 3 N–H and O–H groups in total. The number of nitrogens with two attached hydrogens (primary N) is 1. The molecule has 0 bridgehead atoms. The Labute approximate surface area is 139 Å². The summed E-state index contributed by atoms with van der Waals surface area (Å²) in [5, 5.41) is 9.56. The zero-order valence-corrected chi connectivity index (χ0v) is 13.6. The Kier molecular flexibility index (Phi) is 4.73. The highest BCUT2D eigenvalue weighted by molar-refractivity contribution is 7.15. The number of fused-ring (bicyclic) bond motifs is 1. The summed E-state index contributed by atoms with van der Waals surface area (Å²) >= 11 is 1.60. The minimum Gasteiger partial charge on any atom is -0.478 e. The first-order valence-electron chi connectivity index (χ1n) is 7.58. The summed E-state index contributed by atoms with van der Waals surface area (Å²) in [6, 6.07) is 6.91. The highest BCUT2D eigenvalue weighted by Crippen LogP contribution is 2.24. The molecule has 0 radical (unpaired) electrons. The number of nitrogens with zero attached hydrogens (tertiary/aromatic N) is 2. The highest BCUT2D eigenvalue weighted by Gasteiger charge is 2.16. The van der Waals surface area contributed by atoms with Gasteiger partial charge in [0.2, 0.25) is 0 Å². The number of aromatic nitrogens is 1. The van der Waals surface area contributed by atoms with Crippen LogP contribution in [0.2, 0.25) is 0 Å². The van der Waals surface area contributed by atoms with Gasteiger partial charge in [-0.3, -0.25) is 4.90 Å². The number of rotatable bonds is 4. The molecular formula is C17H19N3O2S. The van der Waals surface area contributed by atoms with Crippen LogP contribution in [0.1, 0.15) is 26.5 Å². The predicted octanol–water partition coefficient (Wildman–Crippen LogP) is 2.54. The summed E-state index contributed by atoms with van der Waals surface area (Å²) in [5.74, 6) is -0.896. The Morgan fingerprint density at radius 1 is 1.30 bits per heavy atom. The van der Waals surface area contributed by atoms with Crippen molar-refractivity contribution in [2.24, 2.45) is 0 Å². The Hall–Kier alpha value is -2.18. The second-order valence-corrected chi connectivity index (χ2v) is 6.67. The third-order valence-corrected chi connectivity index (χ3v) is 4.93. The molecule has 1 aromatic carbocycles. The summed E-state index contributed by atoms with van der Waals surface area (Å²) in [6.45, 7) is 2.88. The van der Waals surface area contributed by atoms with Gasteiger partial charge in [0, 0.05) is 30.9 Å². The van der Waals surface area contributed by atoms with Crippen molar-refractivity contribution < 1.29 is 9.90 Å². The number of carboxylic acids is 1. The van der Waals surface area contributed by atoms with E-state index in [0.29, 0.717) is 10.7 Å². The van der Waals surface area contributed by atoms with E-state index in [4.69, 9.17) is 10.8 Å². The Morgan fingerprint density at radius 2 is 2.04 bits per heavy atom. The Balaban J connectivity index is 1.54. The number of hydrogen-bond donors (Lipinski definition) is 2. The molecule has 0 saturated heterocycles. The molecule has 0 spiro atoms. The fraction of sp³-hybridized carbons (Fsp3) is 0.294. The quantitative estimate of drug-likeness (QED) is 0.901. The molecule has 0 aliphatic carbocycles. The van der Waals surface area contributed by atoms with E-state index in [9.17, 15) is 4.79 Å². The van der Waals surface area contributed by atoms with E-state index < -0.39 is 5.97 Å². The first kappa shape index (κ1) is 15.7. The van der Waals surface area contributed by atoms with Crippen LogP contribution in [-0.4, -0.2) is 40.6 Å². The molecule has 6 heteroatoms. The van der Waals surface area contributed by atoms with Crippen LogP contribution in [0.5, 0.6) is 0 Å². The minimum absolute atomic E-state index is 0.313. The smallest absolute Gasteiger partial charge is 0.335 e. The van der Waals surface area contributed by atoms with E-state index in [1.165, 1.54) is 4.88 Å². The molecule has 120 valence electrons. The maximum absolute atomic E-state index is 10.8. The first-order chi connectivity index (χ1) is 11.1. The summed E-state index contributed by atoms with van der Waals surface area (Å²) in [6.07, 6.45) is 6.11. The Morgan fingerprint density at radius 3 is 2.78 bits per heavy atom. The molecular weight excluding hydrogens is 310 g/mol. The fourth-order valence-corrected chi connectivity index (χ4v) is 3.55. The number of benzene rings is 1. The van der Waals surface area contributed by atoms with Gasteiger partial charge in [-0.25, -0.2) is 9.78 Å². The van der Waals surface area contributed by atoms with Crippen LogP contribution in [-0.2, 0) is 12.8 Å². The molecule has 0 fully saturated rings. The molecule has 1 aliphatic rings. The minimum atomic E-state index is -0.896. The molecule has 0 saturated carbocycles. The molecule has 2 aromatic rings. The predicted molar refractivity (Wildman–Crippen MR) is 92.8 cm³/mol. The zero-order chi connectivity index (χ0) is 16.2. The molecule has 0 unspecified atom stereocenters. The van der Waals surface area contributed by atoms with Gasteiger partial charge in [0.25, 0.3) is 0 Å². The fourth-order valence-electron chi connectivity index (χ4n) is 2.69. The number of nitrogen functional groups attached to an aromatic ring is 1. The average molecular weight is 329 g/mol. The SMILES string of the molecule is Nc1nc2c(s1)CCN(CC=Cc1ccc(C(=O)O)cc1)CC2. The first-order valence-corrected chi connectivity index (χ1v) is 8.40. The van der Waals surface area contributed by atoms with Gasteiger partial charge in [0.15, 0.2) is 5.13 Å². The number of thiazole rings is 1. The van der Waals surface area contributed by atoms with E-state index in [2.05, 4.69) is 16.0 Å². The summed E-state index contributed by atoms with van der Waals surface area (Å²) < 4.78 is 0. The van der Waals surface area contributed by atoms with Crippen molar-refractivity contribution in [3.8, 4) is 0 Å². The van der Waals surface area contributed by atoms with Crippen LogP contribution < -0.4 is 5.73 Å². The van der Waals surface area contributed by atoms with E-state index >= 15 is 0 Å². The number of carbonyl (C=O) groups is 1. The van der Waals surface area contributed by atoms with Crippen molar-refractivity contribution in [1.29, 1.82) is 0 Å². The Bertz CT molecular complexity index is 696. The van der Waals surface area contributed by atoms with Crippen LogP contribution in [0, 0.1) is 0 Å². The molecule has 23 heavy (non-hydrogen) atoms. The molecule has 3 rings (SSSR count). The van der Waals surface area contributed by atoms with Gasteiger partial charge in [0.05, 0.1) is 11.3 Å². The van der Waals surface area contributed by atoms with Gasteiger partial charge in [0.1, 0.15) is 0 Å². The summed E-state index contributed by atoms with van der Waals surface area (Å²) in [5.41, 5.74) is 8.24. The lowest BCUT2D eigenvalue weighted by Gasteiger charge is -2.17. The maximum Gasteiger partial charge on any atom is 0.335 e. The van der Waals surface area contributed by atoms with E-state index in [-0.39, 0.29) is 0 Å². The van der Waals surface area contributed by atoms with Gasteiger partial charge >= 0.3 is 5.97 Å². The maximum atomic E-state index is 10.8. The van der Waals surface area contributed by atoms with Gasteiger partial charge in [-0.2, -0.15) is 0 Å². The van der Waals surface area contributed by atoms with Crippen molar-refractivity contribution in [3.63, 3.8) is 0 Å². The molecule has 0 atom stereocenters. The number of hydrogen-bond acceptors (Lipinski definition) is 5. The van der Waals surface area contributed by atoms with Crippen LogP contribution in [0.3, 0.4) is 0 Å². The van der Waals surface area contributed by atoms with Gasteiger partial charge in [-0.1, -0.05) is 24.3 Å². The molecule has 2 heterocycles. The zero-order valence-electron chi connectivity index (χ0n) is 12.7. The third-order valence-electron chi connectivity index (χ3n) is 3.95.